The molecule has 2 unspecified atom stereocenters. The summed E-state index contributed by atoms with van der Waals surface area (Å²) in [4.78, 5) is 11.3. The maximum atomic E-state index is 6.23. The third-order valence-electron chi connectivity index (χ3n) is 7.81. The van der Waals surface area contributed by atoms with E-state index in [4.69, 9.17) is 21.9 Å². The highest BCUT2D eigenvalue weighted by Crippen LogP contribution is 2.43. The minimum Gasteiger partial charge on any atom is -0.490 e. The summed E-state index contributed by atoms with van der Waals surface area (Å²) >= 11 is 5.95. The standard InChI is InChI=1S/C31H33N5OS/c1-21-18-27(22(2)35(21)20-23-8-7-16-32-19-23)30-29(28-11-5-6-17-33-28)34-31(38)36(30)24-12-14-26(15-13-24)37-25-9-3-4-10-25/h5-8,11-19,25,29-30H,3-4,9-10,20H2,1-2H3,(H,34,38). The molecule has 1 N–H and O–H groups in total. The number of pyridine rings is 2. The number of rotatable bonds is 7. The average molecular weight is 524 g/mol. The fourth-order valence-electron chi connectivity index (χ4n) is 5.88. The van der Waals surface area contributed by atoms with Crippen molar-refractivity contribution in [3.8, 4) is 5.75 Å². The highest BCUT2D eigenvalue weighted by Gasteiger charge is 2.42. The van der Waals surface area contributed by atoms with Gasteiger partial charge in [0.15, 0.2) is 5.11 Å². The van der Waals surface area contributed by atoms with Crippen LogP contribution in [0.25, 0.3) is 0 Å². The Hall–Kier alpha value is -3.71. The predicted molar refractivity (Wildman–Crippen MR) is 155 cm³/mol. The van der Waals surface area contributed by atoms with E-state index in [0.29, 0.717) is 11.2 Å². The fourth-order valence-corrected chi connectivity index (χ4v) is 6.22. The Balaban J connectivity index is 1.37. The van der Waals surface area contributed by atoms with E-state index in [1.165, 1.54) is 35.4 Å². The molecule has 0 radical (unpaired) electrons. The van der Waals surface area contributed by atoms with Crippen LogP contribution in [0.3, 0.4) is 0 Å². The van der Waals surface area contributed by atoms with Crippen LogP contribution >= 0.6 is 12.2 Å². The topological polar surface area (TPSA) is 55.2 Å². The number of ether oxygens (including phenoxy) is 1. The average Bonchev–Trinajstić information content (AvgIpc) is 3.65. The van der Waals surface area contributed by atoms with Gasteiger partial charge in [0.1, 0.15) is 5.75 Å². The molecule has 1 saturated carbocycles. The number of hydrogen-bond acceptors (Lipinski definition) is 4. The van der Waals surface area contributed by atoms with Gasteiger partial charge in [-0.25, -0.2) is 0 Å². The first-order valence-electron chi connectivity index (χ1n) is 13.4. The minimum absolute atomic E-state index is 0.0483. The van der Waals surface area contributed by atoms with Gasteiger partial charge in [-0.05, 0) is 111 Å². The van der Waals surface area contributed by atoms with Gasteiger partial charge in [0.25, 0.3) is 0 Å². The normalized spacial score (nSPS) is 19.6. The molecule has 1 aromatic carbocycles. The van der Waals surface area contributed by atoms with E-state index in [9.17, 15) is 0 Å². The van der Waals surface area contributed by atoms with Crippen molar-refractivity contribution in [2.24, 2.45) is 0 Å². The van der Waals surface area contributed by atoms with Crippen LogP contribution < -0.4 is 15.0 Å². The molecule has 194 valence electrons. The zero-order valence-electron chi connectivity index (χ0n) is 21.9. The van der Waals surface area contributed by atoms with E-state index in [0.717, 1.165) is 36.5 Å². The van der Waals surface area contributed by atoms with Crippen molar-refractivity contribution in [3.63, 3.8) is 0 Å². The van der Waals surface area contributed by atoms with Crippen LogP contribution in [0.4, 0.5) is 5.69 Å². The third-order valence-corrected chi connectivity index (χ3v) is 8.13. The summed E-state index contributed by atoms with van der Waals surface area (Å²) in [6.45, 7) is 5.15. The number of nitrogens with zero attached hydrogens (tertiary/aromatic N) is 4. The predicted octanol–water partition coefficient (Wildman–Crippen LogP) is 6.44. The Morgan fingerprint density at radius 2 is 1.82 bits per heavy atom. The molecule has 0 bridgehead atoms. The fraction of sp³-hybridized carbons (Fsp3) is 0.323. The van der Waals surface area contributed by atoms with Gasteiger partial charge in [-0.3, -0.25) is 9.97 Å². The Labute approximate surface area is 229 Å². The second kappa shape index (κ2) is 10.6. The molecule has 2 atom stereocenters. The van der Waals surface area contributed by atoms with Crippen LogP contribution in [-0.2, 0) is 6.54 Å². The van der Waals surface area contributed by atoms with Gasteiger partial charge < -0.3 is 19.5 Å². The quantitative estimate of drug-likeness (QED) is 0.281. The van der Waals surface area contributed by atoms with Crippen LogP contribution in [0, 0.1) is 13.8 Å². The summed E-state index contributed by atoms with van der Waals surface area (Å²) in [5.41, 5.74) is 6.86. The van der Waals surface area contributed by atoms with Gasteiger partial charge in [-0.2, -0.15) is 0 Å². The van der Waals surface area contributed by atoms with Crippen molar-refractivity contribution in [2.45, 2.75) is 64.3 Å². The first-order chi connectivity index (χ1) is 18.6. The summed E-state index contributed by atoms with van der Waals surface area (Å²) in [6, 6.07) is 20.7. The first-order valence-corrected chi connectivity index (χ1v) is 13.8. The Morgan fingerprint density at radius 3 is 2.53 bits per heavy atom. The molecule has 1 aliphatic heterocycles. The van der Waals surface area contributed by atoms with Gasteiger partial charge in [-0.1, -0.05) is 12.1 Å². The van der Waals surface area contributed by atoms with E-state index in [1.807, 2.05) is 36.8 Å². The maximum Gasteiger partial charge on any atom is 0.174 e. The molecule has 0 amide bonds. The van der Waals surface area contributed by atoms with Crippen molar-refractivity contribution in [1.82, 2.24) is 19.9 Å². The number of nitrogens with one attached hydrogen (secondary N) is 1. The number of anilines is 1. The lowest BCUT2D eigenvalue weighted by Gasteiger charge is -2.28. The Kier molecular flexibility index (Phi) is 6.85. The highest BCUT2D eigenvalue weighted by atomic mass is 32.1. The number of hydrogen-bond donors (Lipinski definition) is 1. The molecular weight excluding hydrogens is 490 g/mol. The number of aromatic nitrogens is 3. The number of thiocarbonyl (C=S) groups is 1. The van der Waals surface area contributed by atoms with Gasteiger partial charge in [-0.15, -0.1) is 0 Å². The van der Waals surface area contributed by atoms with Crippen molar-refractivity contribution >= 4 is 23.0 Å². The summed E-state index contributed by atoms with van der Waals surface area (Å²) < 4.78 is 8.59. The molecule has 7 heteroatoms. The van der Waals surface area contributed by atoms with Gasteiger partial charge >= 0.3 is 0 Å². The van der Waals surface area contributed by atoms with E-state index >= 15 is 0 Å². The van der Waals surface area contributed by atoms with Crippen LogP contribution in [-0.4, -0.2) is 25.8 Å². The molecule has 2 fully saturated rings. The second-order valence-corrected chi connectivity index (χ2v) is 10.7. The molecular formula is C31H33N5OS. The number of aryl methyl sites for hydroxylation is 1. The minimum atomic E-state index is -0.0783. The van der Waals surface area contributed by atoms with Crippen LogP contribution in [0.2, 0.25) is 0 Å². The lowest BCUT2D eigenvalue weighted by atomic mass is 9.96. The SMILES string of the molecule is Cc1cc(C2C(c3ccccn3)NC(=S)N2c2ccc(OC3CCCC3)cc2)c(C)n1Cc1cccnc1. The van der Waals surface area contributed by atoms with Crippen molar-refractivity contribution in [1.29, 1.82) is 0 Å². The van der Waals surface area contributed by atoms with Crippen LogP contribution in [0.15, 0.2) is 79.3 Å². The summed E-state index contributed by atoms with van der Waals surface area (Å²) in [5, 5.41) is 4.29. The second-order valence-electron chi connectivity index (χ2n) is 10.3. The summed E-state index contributed by atoms with van der Waals surface area (Å²) in [6.07, 6.45) is 10.7. The molecule has 4 aromatic rings. The van der Waals surface area contributed by atoms with E-state index in [1.54, 1.807) is 0 Å². The molecule has 6 rings (SSSR count). The van der Waals surface area contributed by atoms with Crippen LogP contribution in [0.1, 0.15) is 66.0 Å². The number of benzene rings is 1. The molecule has 38 heavy (non-hydrogen) atoms. The monoisotopic (exact) mass is 523 g/mol. The molecule has 6 nitrogen and oxygen atoms in total. The smallest absolute Gasteiger partial charge is 0.174 e. The van der Waals surface area contributed by atoms with Gasteiger partial charge in [0, 0.05) is 42.2 Å². The Bertz CT molecular complexity index is 1400. The molecule has 1 aliphatic carbocycles. The van der Waals surface area contributed by atoms with Crippen molar-refractivity contribution in [2.75, 3.05) is 4.90 Å². The lowest BCUT2D eigenvalue weighted by molar-refractivity contribution is 0.210. The summed E-state index contributed by atoms with van der Waals surface area (Å²) in [5.74, 6) is 0.922. The molecule has 4 heterocycles. The maximum absolute atomic E-state index is 6.23. The van der Waals surface area contributed by atoms with Crippen LogP contribution in [0.5, 0.6) is 5.75 Å². The van der Waals surface area contributed by atoms with E-state index < -0.39 is 0 Å². The van der Waals surface area contributed by atoms with Gasteiger partial charge in [0.2, 0.25) is 0 Å². The molecule has 0 spiro atoms. The van der Waals surface area contributed by atoms with Gasteiger partial charge in [0.05, 0.1) is 23.9 Å². The zero-order valence-corrected chi connectivity index (χ0v) is 22.7. The first kappa shape index (κ1) is 24.6. The highest BCUT2D eigenvalue weighted by molar-refractivity contribution is 7.80. The van der Waals surface area contributed by atoms with E-state index in [-0.39, 0.29) is 12.1 Å². The zero-order chi connectivity index (χ0) is 26.1. The Morgan fingerprint density at radius 1 is 1.00 bits per heavy atom. The van der Waals surface area contributed by atoms with Crippen molar-refractivity contribution in [3.05, 3.63) is 107 Å². The molecule has 3 aromatic heterocycles. The largest absolute Gasteiger partial charge is 0.490 e. The summed E-state index contributed by atoms with van der Waals surface area (Å²) in [7, 11) is 0. The third kappa shape index (κ3) is 4.78. The van der Waals surface area contributed by atoms with Crippen molar-refractivity contribution < 1.29 is 4.74 Å². The molecule has 2 aliphatic rings. The lowest BCUT2D eigenvalue weighted by Crippen LogP contribution is -2.29. The molecule has 1 saturated heterocycles. The van der Waals surface area contributed by atoms with E-state index in [2.05, 4.69) is 76.1 Å².